The Labute approximate surface area is 359 Å². The van der Waals surface area contributed by atoms with Crippen LogP contribution in [0.5, 0.6) is 0 Å². The highest BCUT2D eigenvalue weighted by atomic mass is 19.2. The molecule has 0 fully saturated rings. The summed E-state index contributed by atoms with van der Waals surface area (Å²) in [6.07, 6.45) is -12.5. The Morgan fingerprint density at radius 1 is 0.357 bits per heavy atom. The summed E-state index contributed by atoms with van der Waals surface area (Å²) in [4.78, 5) is 128. The summed E-state index contributed by atoms with van der Waals surface area (Å²) in [6, 6.07) is 0. The molecule has 0 aromatic rings. The number of hydrogen-bond acceptors (Lipinski definition) is 34. The van der Waals surface area contributed by atoms with E-state index in [4.69, 9.17) is 0 Å². The second kappa shape index (κ2) is 18.0. The van der Waals surface area contributed by atoms with Crippen LogP contribution >= 0.6 is 0 Å². The first kappa shape index (κ1) is 59.4. The molecule has 50 nitrogen and oxygen atoms in total. The van der Waals surface area contributed by atoms with Gasteiger partial charge < -0.3 is 4.84 Å². The number of rotatable bonds is 29. The first-order valence-corrected chi connectivity index (χ1v) is 14.5. The van der Waals surface area contributed by atoms with Crippen LogP contribution in [0, 0.1) is 168 Å². The van der Waals surface area contributed by atoms with Crippen LogP contribution in [0.15, 0.2) is 5.16 Å². The minimum Gasteiger partial charge on any atom is -0.381 e. The summed E-state index contributed by atoms with van der Waals surface area (Å²) < 4.78 is 114. The van der Waals surface area contributed by atoms with Gasteiger partial charge in [0, 0.05) is 0 Å². The molecule has 0 rings (SSSR count). The Kier molecular flexibility index (Phi) is 15.3. The van der Waals surface area contributed by atoms with E-state index < -0.39 is 155 Å². The fourth-order valence-corrected chi connectivity index (χ4v) is 5.50. The molecule has 1 atom stereocenters. The molecule has 0 radical (unpaired) electrons. The zero-order valence-electron chi connectivity index (χ0n) is 30.6. The third-order valence-corrected chi connectivity index (χ3v) is 8.56. The summed E-state index contributed by atoms with van der Waals surface area (Å²) in [6.45, 7) is 0. The highest BCUT2D eigenvalue weighted by Gasteiger charge is 3.13. The Bertz CT molecular complexity index is 2270. The zero-order chi connectivity index (χ0) is 56.6. The second-order valence-corrected chi connectivity index (χ2v) is 11.6. The van der Waals surface area contributed by atoms with Gasteiger partial charge in [-0.2, -0.15) is 0 Å². The maximum atomic E-state index is 16.6. The molecule has 0 aliphatic rings. The molecular formula is C13H4F7N17O33. The van der Waals surface area contributed by atoms with E-state index in [0.29, 0.717) is 0 Å². The summed E-state index contributed by atoms with van der Waals surface area (Å²) in [7, 11) is 0. The van der Waals surface area contributed by atoms with Gasteiger partial charge in [0.05, 0.1) is 9.85 Å². The average molecular weight is 1060 g/mol. The van der Waals surface area contributed by atoms with Gasteiger partial charge in [-0.05, 0) is 0 Å². The molecular weight excluding hydrogens is 1060 g/mol. The normalized spacial score (nSPS) is 13.7. The van der Waals surface area contributed by atoms with E-state index in [1.165, 1.54) is 0 Å². The highest BCUT2D eigenvalue weighted by Crippen LogP contribution is 2.55. The van der Waals surface area contributed by atoms with Gasteiger partial charge in [-0.3, -0.25) is 162 Å². The molecule has 0 heterocycles. The minimum atomic E-state index is -8.71. The van der Waals surface area contributed by atoms with Crippen molar-refractivity contribution < 1.29 is 114 Å². The molecule has 0 bridgehead atoms. The van der Waals surface area contributed by atoms with Crippen molar-refractivity contribution in [3.05, 3.63) is 162 Å². The van der Waals surface area contributed by atoms with E-state index in [2.05, 4.69) is 4.84 Å². The molecule has 0 aromatic carbocycles. The fraction of sp³-hybridized carbons (Fsp3) is 0.923. The van der Waals surface area contributed by atoms with E-state index in [0.717, 1.165) is 5.16 Å². The molecule has 0 aliphatic heterocycles. The van der Waals surface area contributed by atoms with Crippen LogP contribution in [0.2, 0.25) is 0 Å². The maximum Gasteiger partial charge on any atom is 0.712 e. The van der Waals surface area contributed by atoms with Crippen LogP contribution in [-0.2, 0) is 4.84 Å². The highest BCUT2D eigenvalue weighted by molar-refractivity contribution is 5.94. The lowest BCUT2D eigenvalue weighted by atomic mass is 9.73. The predicted molar refractivity (Wildman–Crippen MR) is 165 cm³/mol. The van der Waals surface area contributed by atoms with Crippen molar-refractivity contribution >= 4 is 5.71 Å². The van der Waals surface area contributed by atoms with Crippen LogP contribution in [0.4, 0.5) is 30.7 Å². The van der Waals surface area contributed by atoms with E-state index in [-0.39, 0.29) is 0 Å². The van der Waals surface area contributed by atoms with Gasteiger partial charge >= 0.3 is 58.4 Å². The SMILES string of the molecule is O=[N+]([O-])C(F)(C/C(=N/OC(C(C(F)([N+](=O)[O-])[N+](=O)[O-])C(F)([N+](=O)[O-])[N+](=O)[O-])C([N+](=O)[O-])(C(F)([N+](=O)[O-])[N+](=O)[O-])C(F)([N+](=O)[O-])[N+](=O)[O-])C([N+](=O)[O-])(C(F)([N+](=O)[O-])[N+](=O)[O-])C(F)([N+](=O)[O-])[N+](=O)[O-])[N+](=O)[O-]. The van der Waals surface area contributed by atoms with Gasteiger partial charge in [0.1, 0.15) is 68.9 Å². The number of oxime groups is 1. The third-order valence-electron chi connectivity index (χ3n) is 8.56. The van der Waals surface area contributed by atoms with Gasteiger partial charge in [0.25, 0.3) is 6.10 Å². The fourth-order valence-electron chi connectivity index (χ4n) is 5.50. The Morgan fingerprint density at radius 3 is 0.771 bits per heavy atom. The molecule has 0 amide bonds. The van der Waals surface area contributed by atoms with Crippen LogP contribution in [-0.4, -0.2) is 143 Å². The van der Waals surface area contributed by atoms with Crippen molar-refractivity contribution in [2.45, 2.75) is 65.0 Å². The van der Waals surface area contributed by atoms with Crippen molar-refractivity contribution in [2.75, 3.05) is 0 Å². The number of hydrogen-bond donors (Lipinski definition) is 0. The number of nitro groups is 16. The second-order valence-electron chi connectivity index (χ2n) is 11.6. The molecule has 0 aliphatic carbocycles. The molecule has 0 aromatic heterocycles. The van der Waals surface area contributed by atoms with Crippen molar-refractivity contribution in [1.29, 1.82) is 0 Å². The summed E-state index contributed by atoms with van der Waals surface area (Å²) in [5.74, 6) is -63.1. The van der Waals surface area contributed by atoms with Gasteiger partial charge in [-0.15, -0.1) is 0 Å². The zero-order valence-corrected chi connectivity index (χ0v) is 30.6. The average Bonchev–Trinajstić information content (AvgIpc) is 3.20. The Balaban J connectivity index is 11.8. The van der Waals surface area contributed by atoms with Crippen molar-refractivity contribution in [3.63, 3.8) is 0 Å². The third kappa shape index (κ3) is 7.18. The molecule has 0 spiro atoms. The lowest BCUT2D eigenvalue weighted by molar-refractivity contribution is -0.963. The summed E-state index contributed by atoms with van der Waals surface area (Å²) in [5, 5.41) is 191. The van der Waals surface area contributed by atoms with Crippen LogP contribution in [0.3, 0.4) is 0 Å². The van der Waals surface area contributed by atoms with Gasteiger partial charge in [-0.1, -0.05) is 35.9 Å². The number of nitrogens with zero attached hydrogens (tertiary/aromatic N) is 17. The Hall–Kier alpha value is -10.6. The molecule has 0 saturated carbocycles. The van der Waals surface area contributed by atoms with Crippen LogP contribution in [0.25, 0.3) is 0 Å². The summed E-state index contributed by atoms with van der Waals surface area (Å²) >= 11 is 0. The monoisotopic (exact) mass is 1060 g/mol. The van der Waals surface area contributed by atoms with E-state index in [1.807, 2.05) is 0 Å². The quantitative estimate of drug-likeness (QED) is 0.0180. The molecule has 1 unspecified atom stereocenters. The molecule has 388 valence electrons. The number of halogens is 7. The summed E-state index contributed by atoms with van der Waals surface area (Å²) in [5.41, 5.74) is -22.1. The van der Waals surface area contributed by atoms with Gasteiger partial charge in [-0.25, -0.2) is 0 Å². The Morgan fingerprint density at radius 2 is 0.600 bits per heavy atom. The number of alkyl halides is 7. The van der Waals surface area contributed by atoms with Crippen molar-refractivity contribution in [1.82, 2.24) is 0 Å². The van der Waals surface area contributed by atoms with Gasteiger partial charge in [0.2, 0.25) is 0 Å². The van der Waals surface area contributed by atoms with E-state index in [9.17, 15) is 162 Å². The standard InChI is InChI=1S/C13H4F7N17O33/c14-5(22(38)39,23(40)41)1-2(6(24(42)43,10(17,30(54)55)31(56)57)11(18,32(58)59)33(60)61)21-70-4(3(8(15,26(46)47)27(48)49)9(16,28(50)51)29(52)53)7(25(44)45,12(19,34(62)63)35(64)65)13(20,36(66)67)37(68)69/h3-4H,1H2/b21-2-. The lowest BCUT2D eigenvalue weighted by Gasteiger charge is -2.33. The van der Waals surface area contributed by atoms with Crippen LogP contribution < -0.4 is 0 Å². The maximum absolute atomic E-state index is 16.6. The van der Waals surface area contributed by atoms with Crippen molar-refractivity contribution in [2.24, 2.45) is 11.1 Å². The smallest absolute Gasteiger partial charge is 0.381 e. The van der Waals surface area contributed by atoms with E-state index >= 15 is 30.7 Å². The topological polar surface area (TPSA) is 712 Å². The lowest BCUT2D eigenvalue weighted by Crippen LogP contribution is -2.86. The van der Waals surface area contributed by atoms with E-state index in [1.54, 1.807) is 0 Å². The first-order chi connectivity index (χ1) is 31.2. The predicted octanol–water partition coefficient (Wildman–Crippen LogP) is -3.00. The first-order valence-electron chi connectivity index (χ1n) is 14.5. The molecule has 57 heteroatoms. The molecule has 0 saturated heterocycles. The molecule has 70 heavy (non-hydrogen) atoms. The van der Waals surface area contributed by atoms with Crippen LogP contribution in [0.1, 0.15) is 6.42 Å². The van der Waals surface area contributed by atoms with Crippen molar-refractivity contribution in [3.8, 4) is 0 Å². The minimum absolute atomic E-state index is 0.804. The van der Waals surface area contributed by atoms with Gasteiger partial charge in [0.15, 0.2) is 12.1 Å². The molecule has 0 N–H and O–H groups in total. The largest absolute Gasteiger partial charge is 0.712 e.